The number of hydrogen-bond donors (Lipinski definition) is 2. The SMILES string of the molecule is Cc1nc(NCC2CCCO2)cc(C(=O)Nc2ccccc2OC(C)C)n1. The number of para-hydroxylation sites is 2. The minimum Gasteiger partial charge on any atom is -0.489 e. The van der Waals surface area contributed by atoms with E-state index in [9.17, 15) is 4.79 Å². The summed E-state index contributed by atoms with van der Waals surface area (Å²) in [6, 6.07) is 9.01. The Kier molecular flexibility index (Phi) is 6.24. The lowest BCUT2D eigenvalue weighted by atomic mass is 10.2. The van der Waals surface area contributed by atoms with E-state index in [-0.39, 0.29) is 18.1 Å². The average molecular weight is 370 g/mol. The van der Waals surface area contributed by atoms with Gasteiger partial charge in [0.05, 0.1) is 17.9 Å². The second-order valence-corrected chi connectivity index (χ2v) is 6.82. The smallest absolute Gasteiger partial charge is 0.274 e. The van der Waals surface area contributed by atoms with Crippen LogP contribution in [0.2, 0.25) is 0 Å². The minimum absolute atomic E-state index is 0.0120. The topological polar surface area (TPSA) is 85.4 Å². The van der Waals surface area contributed by atoms with Gasteiger partial charge in [-0.1, -0.05) is 12.1 Å². The third-order valence-electron chi connectivity index (χ3n) is 4.10. The van der Waals surface area contributed by atoms with Gasteiger partial charge in [0.15, 0.2) is 0 Å². The zero-order valence-electron chi connectivity index (χ0n) is 16.0. The monoisotopic (exact) mass is 370 g/mol. The highest BCUT2D eigenvalue weighted by atomic mass is 16.5. The quantitative estimate of drug-likeness (QED) is 0.777. The van der Waals surface area contributed by atoms with E-state index in [1.54, 1.807) is 19.1 Å². The molecule has 1 aliphatic heterocycles. The first-order valence-corrected chi connectivity index (χ1v) is 9.29. The summed E-state index contributed by atoms with van der Waals surface area (Å²) in [7, 11) is 0. The third kappa shape index (κ3) is 5.40. The Morgan fingerprint density at radius 2 is 2.15 bits per heavy atom. The molecular formula is C20H26N4O3. The fourth-order valence-corrected chi connectivity index (χ4v) is 2.91. The fraction of sp³-hybridized carbons (Fsp3) is 0.450. The van der Waals surface area contributed by atoms with Crippen molar-refractivity contribution in [2.24, 2.45) is 0 Å². The molecule has 2 N–H and O–H groups in total. The molecule has 0 bridgehead atoms. The molecule has 1 aromatic heterocycles. The summed E-state index contributed by atoms with van der Waals surface area (Å²) in [5.41, 5.74) is 0.915. The van der Waals surface area contributed by atoms with Crippen molar-refractivity contribution in [3.63, 3.8) is 0 Å². The van der Waals surface area contributed by atoms with Gasteiger partial charge < -0.3 is 20.1 Å². The van der Waals surface area contributed by atoms with Crippen molar-refractivity contribution in [1.82, 2.24) is 9.97 Å². The van der Waals surface area contributed by atoms with E-state index in [2.05, 4.69) is 20.6 Å². The number of nitrogens with one attached hydrogen (secondary N) is 2. The highest BCUT2D eigenvalue weighted by Gasteiger charge is 2.17. The van der Waals surface area contributed by atoms with Crippen LogP contribution in [0.1, 0.15) is 43.0 Å². The molecular weight excluding hydrogens is 344 g/mol. The molecule has 1 amide bonds. The van der Waals surface area contributed by atoms with E-state index in [4.69, 9.17) is 9.47 Å². The summed E-state index contributed by atoms with van der Waals surface area (Å²) in [5, 5.41) is 6.12. The van der Waals surface area contributed by atoms with E-state index in [1.165, 1.54) is 0 Å². The van der Waals surface area contributed by atoms with Crippen LogP contribution in [0.25, 0.3) is 0 Å². The van der Waals surface area contributed by atoms with Gasteiger partial charge >= 0.3 is 0 Å². The lowest BCUT2D eigenvalue weighted by molar-refractivity contribution is 0.102. The van der Waals surface area contributed by atoms with Gasteiger partial charge in [0.1, 0.15) is 23.1 Å². The molecule has 1 aromatic carbocycles. The lowest BCUT2D eigenvalue weighted by Crippen LogP contribution is -2.21. The molecule has 0 radical (unpaired) electrons. The number of rotatable bonds is 7. The van der Waals surface area contributed by atoms with Gasteiger partial charge in [-0.2, -0.15) is 0 Å². The van der Waals surface area contributed by atoms with E-state index in [0.29, 0.717) is 35.3 Å². The predicted molar refractivity (Wildman–Crippen MR) is 104 cm³/mol. The standard InChI is InChI=1S/C20H26N4O3/c1-13(2)27-18-9-5-4-8-16(18)24-20(25)17-11-19(23-14(3)22-17)21-12-15-7-6-10-26-15/h4-5,8-9,11,13,15H,6-7,10,12H2,1-3H3,(H,24,25)(H,21,22,23). The Hall–Kier alpha value is -2.67. The second-order valence-electron chi connectivity index (χ2n) is 6.82. The van der Waals surface area contributed by atoms with Gasteiger partial charge in [0.25, 0.3) is 5.91 Å². The maximum absolute atomic E-state index is 12.7. The Balaban J connectivity index is 1.71. The van der Waals surface area contributed by atoms with Crippen molar-refractivity contribution < 1.29 is 14.3 Å². The van der Waals surface area contributed by atoms with E-state index >= 15 is 0 Å². The summed E-state index contributed by atoms with van der Waals surface area (Å²) >= 11 is 0. The normalized spacial score (nSPS) is 16.4. The van der Waals surface area contributed by atoms with Gasteiger partial charge in [-0.15, -0.1) is 0 Å². The molecule has 0 spiro atoms. The van der Waals surface area contributed by atoms with Crippen LogP contribution in [0, 0.1) is 6.92 Å². The van der Waals surface area contributed by atoms with Crippen LogP contribution < -0.4 is 15.4 Å². The molecule has 0 aliphatic carbocycles. The maximum atomic E-state index is 12.7. The number of amides is 1. The molecule has 1 fully saturated rings. The van der Waals surface area contributed by atoms with E-state index < -0.39 is 0 Å². The van der Waals surface area contributed by atoms with Crippen LogP contribution in [0.4, 0.5) is 11.5 Å². The predicted octanol–water partition coefficient (Wildman–Crippen LogP) is 3.42. The molecule has 144 valence electrons. The third-order valence-corrected chi connectivity index (χ3v) is 4.10. The summed E-state index contributed by atoms with van der Waals surface area (Å²) in [4.78, 5) is 21.3. The van der Waals surface area contributed by atoms with Crippen LogP contribution in [0.15, 0.2) is 30.3 Å². The van der Waals surface area contributed by atoms with Gasteiger partial charge in [0.2, 0.25) is 0 Å². The Labute approximate surface area is 159 Å². The zero-order chi connectivity index (χ0) is 19.2. The average Bonchev–Trinajstić information content (AvgIpc) is 3.14. The van der Waals surface area contributed by atoms with Gasteiger partial charge in [-0.25, -0.2) is 9.97 Å². The number of nitrogens with zero attached hydrogens (tertiary/aromatic N) is 2. The van der Waals surface area contributed by atoms with Gasteiger partial charge in [-0.05, 0) is 45.7 Å². The number of anilines is 2. The molecule has 7 heteroatoms. The van der Waals surface area contributed by atoms with Crippen molar-refractivity contribution >= 4 is 17.4 Å². The van der Waals surface area contributed by atoms with Crippen LogP contribution in [0.3, 0.4) is 0 Å². The number of benzene rings is 1. The number of hydrogen-bond acceptors (Lipinski definition) is 6. The first kappa shape index (κ1) is 19.1. The van der Waals surface area contributed by atoms with E-state index in [1.807, 2.05) is 32.0 Å². The lowest BCUT2D eigenvalue weighted by Gasteiger charge is -2.15. The van der Waals surface area contributed by atoms with Crippen LogP contribution >= 0.6 is 0 Å². The van der Waals surface area contributed by atoms with Crippen molar-refractivity contribution in [3.05, 3.63) is 41.9 Å². The van der Waals surface area contributed by atoms with Crippen LogP contribution in [0.5, 0.6) is 5.75 Å². The molecule has 1 unspecified atom stereocenters. The summed E-state index contributed by atoms with van der Waals surface area (Å²) in [6.07, 6.45) is 2.33. The van der Waals surface area contributed by atoms with Crippen molar-refractivity contribution in [2.75, 3.05) is 23.8 Å². The largest absolute Gasteiger partial charge is 0.489 e. The molecule has 2 aromatic rings. The molecule has 1 atom stereocenters. The van der Waals surface area contributed by atoms with Crippen LogP contribution in [-0.4, -0.2) is 41.2 Å². The molecule has 1 aliphatic rings. The Morgan fingerprint density at radius 3 is 2.89 bits per heavy atom. The molecule has 3 rings (SSSR count). The molecule has 0 saturated carbocycles. The second kappa shape index (κ2) is 8.81. The number of carbonyl (C=O) groups excluding carboxylic acids is 1. The number of aryl methyl sites for hydroxylation is 1. The zero-order valence-corrected chi connectivity index (χ0v) is 16.0. The van der Waals surface area contributed by atoms with Crippen molar-refractivity contribution in [1.29, 1.82) is 0 Å². The first-order chi connectivity index (χ1) is 13.0. The van der Waals surface area contributed by atoms with Crippen molar-refractivity contribution in [3.8, 4) is 5.75 Å². The molecule has 27 heavy (non-hydrogen) atoms. The molecule has 2 heterocycles. The van der Waals surface area contributed by atoms with Gasteiger partial charge in [0, 0.05) is 19.2 Å². The fourth-order valence-electron chi connectivity index (χ4n) is 2.91. The van der Waals surface area contributed by atoms with Crippen LogP contribution in [-0.2, 0) is 4.74 Å². The summed E-state index contributed by atoms with van der Waals surface area (Å²) < 4.78 is 11.4. The molecule has 7 nitrogen and oxygen atoms in total. The number of aromatic nitrogens is 2. The highest BCUT2D eigenvalue weighted by molar-refractivity contribution is 6.04. The maximum Gasteiger partial charge on any atom is 0.274 e. The molecule has 1 saturated heterocycles. The highest BCUT2D eigenvalue weighted by Crippen LogP contribution is 2.25. The minimum atomic E-state index is -0.305. The summed E-state index contributed by atoms with van der Waals surface area (Å²) in [6.45, 7) is 7.13. The first-order valence-electron chi connectivity index (χ1n) is 9.29. The van der Waals surface area contributed by atoms with E-state index in [0.717, 1.165) is 19.4 Å². The van der Waals surface area contributed by atoms with Gasteiger partial charge in [-0.3, -0.25) is 4.79 Å². The Bertz CT molecular complexity index is 789. The number of ether oxygens (including phenoxy) is 2. The Morgan fingerprint density at radius 1 is 1.33 bits per heavy atom. The van der Waals surface area contributed by atoms with Crippen molar-refractivity contribution in [2.45, 2.75) is 45.8 Å². The number of carbonyl (C=O) groups is 1. The summed E-state index contributed by atoms with van der Waals surface area (Å²) in [5.74, 6) is 1.47.